The Hall–Kier alpha value is -2.18. The van der Waals surface area contributed by atoms with E-state index in [0.717, 1.165) is 6.42 Å². The third-order valence-electron chi connectivity index (χ3n) is 3.10. The SMILES string of the molecule is CCC(C)CC(=O)Nc1ccccc1NC(=O)NCC(F)F. The number of hydrogen-bond donors (Lipinski definition) is 3. The van der Waals surface area contributed by atoms with Gasteiger partial charge in [-0.25, -0.2) is 13.6 Å². The van der Waals surface area contributed by atoms with Crippen molar-refractivity contribution in [3.8, 4) is 0 Å². The molecular weight excluding hydrogens is 292 g/mol. The van der Waals surface area contributed by atoms with E-state index in [4.69, 9.17) is 0 Å². The van der Waals surface area contributed by atoms with Crippen molar-refractivity contribution in [3.63, 3.8) is 0 Å². The number of alkyl halides is 2. The summed E-state index contributed by atoms with van der Waals surface area (Å²) in [6, 6.07) is 5.86. The molecule has 0 aromatic heterocycles. The highest BCUT2D eigenvalue weighted by Crippen LogP contribution is 2.21. The molecule has 0 saturated heterocycles. The maximum Gasteiger partial charge on any atom is 0.319 e. The van der Waals surface area contributed by atoms with E-state index >= 15 is 0 Å². The highest BCUT2D eigenvalue weighted by Gasteiger charge is 2.12. The predicted octanol–water partition coefficient (Wildman–Crippen LogP) is 3.45. The van der Waals surface area contributed by atoms with E-state index in [1.165, 1.54) is 0 Å². The number of carbonyl (C=O) groups is 2. The van der Waals surface area contributed by atoms with Crippen LogP contribution in [0.25, 0.3) is 0 Å². The van der Waals surface area contributed by atoms with E-state index in [1.54, 1.807) is 24.3 Å². The maximum absolute atomic E-state index is 12.0. The van der Waals surface area contributed by atoms with Gasteiger partial charge in [-0.05, 0) is 18.1 Å². The maximum atomic E-state index is 12.0. The first-order chi connectivity index (χ1) is 10.4. The molecular formula is C15H21F2N3O2. The molecule has 1 rings (SSSR count). The molecule has 0 aliphatic carbocycles. The highest BCUT2D eigenvalue weighted by molar-refractivity contribution is 5.99. The van der Waals surface area contributed by atoms with Crippen molar-refractivity contribution < 1.29 is 18.4 Å². The predicted molar refractivity (Wildman–Crippen MR) is 82.2 cm³/mol. The van der Waals surface area contributed by atoms with Crippen molar-refractivity contribution in [2.45, 2.75) is 33.1 Å². The monoisotopic (exact) mass is 313 g/mol. The first kappa shape index (κ1) is 17.9. The summed E-state index contributed by atoms with van der Waals surface area (Å²) >= 11 is 0. The van der Waals surface area contributed by atoms with Gasteiger partial charge in [-0.2, -0.15) is 0 Å². The van der Waals surface area contributed by atoms with Crippen molar-refractivity contribution >= 4 is 23.3 Å². The Labute approximate surface area is 128 Å². The van der Waals surface area contributed by atoms with Gasteiger partial charge in [0.05, 0.1) is 17.9 Å². The zero-order valence-electron chi connectivity index (χ0n) is 12.7. The van der Waals surface area contributed by atoms with Crippen LogP contribution in [-0.4, -0.2) is 24.9 Å². The van der Waals surface area contributed by atoms with Crippen molar-refractivity contribution in [3.05, 3.63) is 24.3 Å². The van der Waals surface area contributed by atoms with Crippen LogP contribution in [0.2, 0.25) is 0 Å². The Bertz CT molecular complexity index is 509. The second-order valence-corrected chi connectivity index (χ2v) is 5.04. The summed E-state index contributed by atoms with van der Waals surface area (Å²) in [5.41, 5.74) is 0.787. The molecule has 0 spiro atoms. The van der Waals surface area contributed by atoms with Gasteiger partial charge in [-0.3, -0.25) is 4.79 Å². The lowest BCUT2D eigenvalue weighted by Crippen LogP contribution is -2.32. The van der Waals surface area contributed by atoms with Crippen LogP contribution >= 0.6 is 0 Å². The summed E-state index contributed by atoms with van der Waals surface area (Å²) < 4.78 is 24.1. The number of para-hydroxylation sites is 2. The second kappa shape index (κ2) is 8.96. The fourth-order valence-electron chi connectivity index (χ4n) is 1.70. The molecule has 0 radical (unpaired) electrons. The van der Waals surface area contributed by atoms with Crippen LogP contribution in [-0.2, 0) is 4.79 Å². The fraction of sp³-hybridized carbons (Fsp3) is 0.467. The molecule has 5 nitrogen and oxygen atoms in total. The van der Waals surface area contributed by atoms with Crippen molar-refractivity contribution in [1.82, 2.24) is 5.32 Å². The zero-order chi connectivity index (χ0) is 16.5. The Morgan fingerprint density at radius 2 is 1.73 bits per heavy atom. The lowest BCUT2D eigenvalue weighted by atomic mass is 10.0. The molecule has 7 heteroatoms. The molecule has 122 valence electrons. The molecule has 1 aromatic rings. The van der Waals surface area contributed by atoms with Gasteiger partial charge in [0.1, 0.15) is 0 Å². The summed E-state index contributed by atoms with van der Waals surface area (Å²) in [4.78, 5) is 23.4. The number of nitrogens with one attached hydrogen (secondary N) is 3. The second-order valence-electron chi connectivity index (χ2n) is 5.04. The lowest BCUT2D eigenvalue weighted by Gasteiger charge is -2.14. The van der Waals surface area contributed by atoms with Gasteiger partial charge >= 0.3 is 6.03 Å². The first-order valence-electron chi connectivity index (χ1n) is 7.14. The van der Waals surface area contributed by atoms with Gasteiger partial charge in [0, 0.05) is 6.42 Å². The molecule has 0 aliphatic rings. The van der Waals surface area contributed by atoms with Gasteiger partial charge < -0.3 is 16.0 Å². The Morgan fingerprint density at radius 3 is 2.27 bits per heavy atom. The number of amides is 3. The minimum Gasteiger partial charge on any atom is -0.332 e. The molecule has 1 unspecified atom stereocenters. The Morgan fingerprint density at radius 1 is 1.14 bits per heavy atom. The van der Waals surface area contributed by atoms with E-state index in [-0.39, 0.29) is 11.8 Å². The molecule has 0 aliphatic heterocycles. The smallest absolute Gasteiger partial charge is 0.319 e. The normalized spacial score (nSPS) is 11.9. The van der Waals surface area contributed by atoms with E-state index in [1.807, 2.05) is 19.2 Å². The van der Waals surface area contributed by atoms with Crippen LogP contribution in [0.15, 0.2) is 24.3 Å². The van der Waals surface area contributed by atoms with Gasteiger partial charge in [0.15, 0.2) is 0 Å². The van der Waals surface area contributed by atoms with Crippen LogP contribution in [0, 0.1) is 5.92 Å². The summed E-state index contributed by atoms with van der Waals surface area (Å²) in [5, 5.41) is 7.20. The molecule has 1 atom stereocenters. The van der Waals surface area contributed by atoms with Crippen LogP contribution < -0.4 is 16.0 Å². The molecule has 0 fully saturated rings. The zero-order valence-corrected chi connectivity index (χ0v) is 12.7. The largest absolute Gasteiger partial charge is 0.332 e. The van der Waals surface area contributed by atoms with Crippen LogP contribution in [0.4, 0.5) is 25.0 Å². The minimum atomic E-state index is -2.61. The highest BCUT2D eigenvalue weighted by atomic mass is 19.3. The van der Waals surface area contributed by atoms with E-state index in [2.05, 4.69) is 10.6 Å². The average Bonchev–Trinajstić information content (AvgIpc) is 2.47. The molecule has 3 amide bonds. The standard InChI is InChI=1S/C15H21F2N3O2/c1-3-10(2)8-14(21)19-11-6-4-5-7-12(11)20-15(22)18-9-13(16)17/h4-7,10,13H,3,8-9H2,1-2H3,(H,19,21)(H2,18,20,22). The molecule has 0 bridgehead atoms. The number of halogens is 2. The summed E-state index contributed by atoms with van der Waals surface area (Å²) in [6.45, 7) is 3.25. The fourth-order valence-corrected chi connectivity index (χ4v) is 1.70. The van der Waals surface area contributed by atoms with Gasteiger partial charge in [0.25, 0.3) is 6.43 Å². The summed E-state index contributed by atoms with van der Waals surface area (Å²) in [6.07, 6.45) is -1.34. The topological polar surface area (TPSA) is 70.2 Å². The quantitative estimate of drug-likeness (QED) is 0.721. The van der Waals surface area contributed by atoms with Crippen molar-refractivity contribution in [1.29, 1.82) is 0 Å². The summed E-state index contributed by atoms with van der Waals surface area (Å²) in [7, 11) is 0. The average molecular weight is 313 g/mol. The third-order valence-corrected chi connectivity index (χ3v) is 3.10. The first-order valence-corrected chi connectivity index (χ1v) is 7.14. The Kier molecular flexibility index (Phi) is 7.28. The van der Waals surface area contributed by atoms with Crippen molar-refractivity contribution in [2.24, 2.45) is 5.92 Å². The molecule has 0 heterocycles. The molecule has 22 heavy (non-hydrogen) atoms. The van der Waals surface area contributed by atoms with Crippen LogP contribution in [0.5, 0.6) is 0 Å². The van der Waals surface area contributed by atoms with Gasteiger partial charge in [-0.15, -0.1) is 0 Å². The van der Waals surface area contributed by atoms with E-state index in [9.17, 15) is 18.4 Å². The number of anilines is 2. The number of hydrogen-bond acceptors (Lipinski definition) is 2. The number of rotatable bonds is 7. The Balaban J connectivity index is 2.65. The lowest BCUT2D eigenvalue weighted by molar-refractivity contribution is -0.117. The van der Waals surface area contributed by atoms with Gasteiger partial charge in [-0.1, -0.05) is 32.4 Å². The van der Waals surface area contributed by atoms with E-state index in [0.29, 0.717) is 17.8 Å². The van der Waals surface area contributed by atoms with Gasteiger partial charge in [0.2, 0.25) is 5.91 Å². The van der Waals surface area contributed by atoms with Crippen LogP contribution in [0.1, 0.15) is 26.7 Å². The van der Waals surface area contributed by atoms with Crippen LogP contribution in [0.3, 0.4) is 0 Å². The minimum absolute atomic E-state index is 0.156. The van der Waals surface area contributed by atoms with Crippen molar-refractivity contribution in [2.75, 3.05) is 17.2 Å². The molecule has 0 saturated carbocycles. The number of carbonyl (C=O) groups excluding carboxylic acids is 2. The third kappa shape index (κ3) is 6.51. The summed E-state index contributed by atoms with van der Waals surface area (Å²) in [5.74, 6) is 0.103. The number of benzene rings is 1. The van der Waals surface area contributed by atoms with E-state index < -0.39 is 19.0 Å². The molecule has 3 N–H and O–H groups in total. The number of urea groups is 1. The molecule has 1 aromatic carbocycles.